The molecule has 0 saturated carbocycles. The number of carbonyl (C=O) groups is 2. The third-order valence-electron chi connectivity index (χ3n) is 4.18. The van der Waals surface area contributed by atoms with Gasteiger partial charge in [-0.15, -0.1) is 0 Å². The molecule has 0 aromatic heterocycles. The molecule has 0 fully saturated rings. The Morgan fingerprint density at radius 3 is 2.13 bits per heavy atom. The normalized spacial score (nSPS) is 10.8. The molecule has 2 aromatic rings. The molecule has 0 spiro atoms. The summed E-state index contributed by atoms with van der Waals surface area (Å²) in [7, 11) is 2.43. The topological polar surface area (TPSA) is 105 Å². The fourth-order valence-electron chi connectivity index (χ4n) is 2.66. The predicted molar refractivity (Wildman–Crippen MR) is 115 cm³/mol. The van der Waals surface area contributed by atoms with Crippen LogP contribution in [0.25, 0.3) is 0 Å². The summed E-state index contributed by atoms with van der Waals surface area (Å²) in [6, 6.07) is 10.9. The van der Waals surface area contributed by atoms with Gasteiger partial charge in [-0.3, -0.25) is 13.9 Å². The minimum Gasteiger partial charge on any atom is -0.497 e. The van der Waals surface area contributed by atoms with Gasteiger partial charge < -0.3 is 19.7 Å². The number of hydrogen-bond donors (Lipinski definition) is 1. The molecule has 0 unspecified atom stereocenters. The van der Waals surface area contributed by atoms with Gasteiger partial charge in [-0.05, 0) is 36.4 Å². The Morgan fingerprint density at radius 2 is 1.63 bits per heavy atom. The lowest BCUT2D eigenvalue weighted by molar-refractivity contribution is -0.114. The Morgan fingerprint density at radius 1 is 1.00 bits per heavy atom. The smallest absolute Gasteiger partial charge is 0.253 e. The van der Waals surface area contributed by atoms with Gasteiger partial charge in [-0.1, -0.05) is 0 Å². The summed E-state index contributed by atoms with van der Waals surface area (Å²) < 4.78 is 35.9. The van der Waals surface area contributed by atoms with Crippen LogP contribution in [0.2, 0.25) is 0 Å². The maximum Gasteiger partial charge on any atom is 0.253 e. The fraction of sp³-hybridized carbons (Fsp3) is 0.300. The molecular weight excluding hydrogens is 410 g/mol. The van der Waals surface area contributed by atoms with Gasteiger partial charge in [0.15, 0.2) is 0 Å². The second kappa shape index (κ2) is 9.49. The third-order valence-corrected chi connectivity index (χ3v) is 5.32. The molecular formula is C20H25N3O6S. The van der Waals surface area contributed by atoms with Crippen LogP contribution in [-0.2, 0) is 14.8 Å². The lowest BCUT2D eigenvalue weighted by atomic mass is 10.2. The Labute approximate surface area is 176 Å². The van der Waals surface area contributed by atoms with Crippen molar-refractivity contribution in [1.29, 1.82) is 0 Å². The van der Waals surface area contributed by atoms with Crippen molar-refractivity contribution in [2.24, 2.45) is 0 Å². The number of anilines is 2. The number of ether oxygens (including phenoxy) is 2. The zero-order valence-corrected chi connectivity index (χ0v) is 18.3. The monoisotopic (exact) mass is 435 g/mol. The van der Waals surface area contributed by atoms with E-state index >= 15 is 0 Å². The van der Waals surface area contributed by atoms with Gasteiger partial charge in [-0.2, -0.15) is 0 Å². The molecule has 0 bridgehead atoms. The molecule has 30 heavy (non-hydrogen) atoms. The number of nitrogens with zero attached hydrogens (tertiary/aromatic N) is 2. The minimum absolute atomic E-state index is 0.213. The highest BCUT2D eigenvalue weighted by molar-refractivity contribution is 7.92. The molecule has 0 radical (unpaired) electrons. The summed E-state index contributed by atoms with van der Waals surface area (Å²) in [6.45, 7) is -0.458. The molecule has 0 aliphatic rings. The van der Waals surface area contributed by atoms with E-state index in [4.69, 9.17) is 9.47 Å². The van der Waals surface area contributed by atoms with E-state index in [1.54, 1.807) is 32.3 Å². The third kappa shape index (κ3) is 5.63. The second-order valence-corrected chi connectivity index (χ2v) is 8.54. The van der Waals surface area contributed by atoms with Gasteiger partial charge in [0.2, 0.25) is 15.9 Å². The van der Waals surface area contributed by atoms with Crippen molar-refractivity contribution in [3.8, 4) is 11.5 Å². The van der Waals surface area contributed by atoms with Crippen LogP contribution in [0.15, 0.2) is 42.5 Å². The average molecular weight is 436 g/mol. The van der Waals surface area contributed by atoms with Crippen LogP contribution < -0.4 is 19.1 Å². The summed E-state index contributed by atoms with van der Waals surface area (Å²) in [5.74, 6) is 0.129. The van der Waals surface area contributed by atoms with E-state index in [-0.39, 0.29) is 11.6 Å². The van der Waals surface area contributed by atoms with Crippen LogP contribution in [-0.4, -0.2) is 66.2 Å². The average Bonchev–Trinajstić information content (AvgIpc) is 2.70. The molecule has 2 amide bonds. The predicted octanol–water partition coefficient (Wildman–Crippen LogP) is 1.81. The zero-order valence-electron chi connectivity index (χ0n) is 17.5. The minimum atomic E-state index is -3.76. The van der Waals surface area contributed by atoms with Crippen molar-refractivity contribution in [3.05, 3.63) is 48.0 Å². The first-order valence-electron chi connectivity index (χ1n) is 8.88. The number of benzene rings is 2. The number of rotatable bonds is 8. The van der Waals surface area contributed by atoms with Gasteiger partial charge in [-0.25, -0.2) is 8.42 Å². The molecule has 0 heterocycles. The van der Waals surface area contributed by atoms with E-state index in [0.29, 0.717) is 22.7 Å². The fourth-order valence-corrected chi connectivity index (χ4v) is 3.52. The number of amides is 2. The van der Waals surface area contributed by atoms with Crippen molar-refractivity contribution < 1.29 is 27.5 Å². The summed E-state index contributed by atoms with van der Waals surface area (Å²) in [5, 5.41) is 2.64. The van der Waals surface area contributed by atoms with Crippen LogP contribution in [0.5, 0.6) is 11.5 Å². The van der Waals surface area contributed by atoms with Crippen molar-refractivity contribution in [2.75, 3.05) is 50.7 Å². The van der Waals surface area contributed by atoms with E-state index in [1.807, 2.05) is 0 Å². The van der Waals surface area contributed by atoms with Crippen LogP contribution in [0.1, 0.15) is 10.4 Å². The highest BCUT2D eigenvalue weighted by Crippen LogP contribution is 2.29. The Bertz CT molecular complexity index is 1020. The van der Waals surface area contributed by atoms with Crippen molar-refractivity contribution in [1.82, 2.24) is 4.90 Å². The first-order chi connectivity index (χ1) is 14.1. The molecule has 2 aromatic carbocycles. The summed E-state index contributed by atoms with van der Waals surface area (Å²) in [6.07, 6.45) is 1.01. The van der Waals surface area contributed by atoms with Crippen LogP contribution in [0.3, 0.4) is 0 Å². The lowest BCUT2D eigenvalue weighted by Gasteiger charge is -2.22. The van der Waals surface area contributed by atoms with Crippen LogP contribution in [0, 0.1) is 0 Å². The number of methoxy groups -OCH3 is 2. The molecule has 0 aliphatic heterocycles. The maximum atomic E-state index is 12.6. The largest absolute Gasteiger partial charge is 0.497 e. The molecule has 0 atom stereocenters. The highest BCUT2D eigenvalue weighted by atomic mass is 32.2. The van der Waals surface area contributed by atoms with Gasteiger partial charge in [0.25, 0.3) is 5.91 Å². The zero-order chi connectivity index (χ0) is 22.5. The van der Waals surface area contributed by atoms with E-state index in [2.05, 4.69) is 5.32 Å². The number of carbonyl (C=O) groups excluding carboxylic acids is 2. The van der Waals surface area contributed by atoms with E-state index in [9.17, 15) is 18.0 Å². The molecule has 162 valence electrons. The molecule has 0 saturated heterocycles. The Hall–Kier alpha value is -3.27. The van der Waals surface area contributed by atoms with Gasteiger partial charge in [0, 0.05) is 25.7 Å². The van der Waals surface area contributed by atoms with E-state index < -0.39 is 22.5 Å². The van der Waals surface area contributed by atoms with E-state index in [1.165, 1.54) is 43.4 Å². The van der Waals surface area contributed by atoms with Crippen molar-refractivity contribution in [3.63, 3.8) is 0 Å². The summed E-state index contributed by atoms with van der Waals surface area (Å²) >= 11 is 0. The van der Waals surface area contributed by atoms with Gasteiger partial charge >= 0.3 is 0 Å². The number of nitrogens with one attached hydrogen (secondary N) is 1. The first kappa shape index (κ1) is 23.0. The Balaban J connectivity index is 2.26. The standard InChI is InChI=1S/C20H25N3O6S/c1-22(2)20(25)14-6-8-15(9-7-14)23(30(5,26)27)13-19(24)21-17-12-16(28-3)10-11-18(17)29-4/h6-12H,13H2,1-5H3,(H,21,24). The number of hydrogen-bond acceptors (Lipinski definition) is 6. The van der Waals surface area contributed by atoms with Crippen LogP contribution in [0.4, 0.5) is 11.4 Å². The molecule has 10 heteroatoms. The maximum absolute atomic E-state index is 12.6. The lowest BCUT2D eigenvalue weighted by Crippen LogP contribution is -2.37. The SMILES string of the molecule is COc1ccc(OC)c(NC(=O)CN(c2ccc(C(=O)N(C)C)cc2)S(C)(=O)=O)c1. The summed E-state index contributed by atoms with van der Waals surface area (Å²) in [4.78, 5) is 26.0. The second-order valence-electron chi connectivity index (χ2n) is 6.63. The van der Waals surface area contributed by atoms with Gasteiger partial charge in [0.1, 0.15) is 18.0 Å². The number of sulfonamides is 1. The molecule has 9 nitrogen and oxygen atoms in total. The van der Waals surface area contributed by atoms with Crippen molar-refractivity contribution >= 4 is 33.2 Å². The quantitative estimate of drug-likeness (QED) is 0.678. The highest BCUT2D eigenvalue weighted by Gasteiger charge is 2.22. The first-order valence-corrected chi connectivity index (χ1v) is 10.7. The molecule has 1 N–H and O–H groups in total. The van der Waals surface area contributed by atoms with Crippen molar-refractivity contribution in [2.45, 2.75) is 0 Å². The Kier molecular flexibility index (Phi) is 7.28. The molecule has 2 rings (SSSR count). The van der Waals surface area contributed by atoms with Gasteiger partial charge in [0.05, 0.1) is 31.9 Å². The van der Waals surface area contributed by atoms with E-state index in [0.717, 1.165) is 10.6 Å². The summed E-state index contributed by atoms with van der Waals surface area (Å²) in [5.41, 5.74) is 1.02. The molecule has 0 aliphatic carbocycles. The van der Waals surface area contributed by atoms with Crippen LogP contribution >= 0.6 is 0 Å².